The maximum Gasteiger partial charge on any atom is 0.343 e. The highest BCUT2D eigenvalue weighted by molar-refractivity contribution is 9.10. The Morgan fingerprint density at radius 2 is 1.90 bits per heavy atom. The van der Waals surface area contributed by atoms with E-state index in [0.29, 0.717) is 27.7 Å². The van der Waals surface area contributed by atoms with Gasteiger partial charge in [-0.2, -0.15) is 0 Å². The number of rotatable bonds is 8. The number of methoxy groups -OCH3 is 1. The molecule has 0 saturated carbocycles. The molecule has 0 amide bonds. The summed E-state index contributed by atoms with van der Waals surface area (Å²) >= 11 is 3.44. The first-order chi connectivity index (χ1) is 13.5. The van der Waals surface area contributed by atoms with Crippen molar-refractivity contribution in [3.63, 3.8) is 0 Å². The van der Waals surface area contributed by atoms with Crippen molar-refractivity contribution in [3.8, 4) is 5.75 Å². The highest BCUT2D eigenvalue weighted by Gasteiger charge is 2.25. The van der Waals surface area contributed by atoms with E-state index in [-0.39, 0.29) is 29.6 Å². The lowest BCUT2D eigenvalue weighted by molar-refractivity contribution is 0.0523. The van der Waals surface area contributed by atoms with Crippen LogP contribution >= 0.6 is 15.9 Å². The number of carbonyl (C=O) groups excluding carboxylic acids is 1. The summed E-state index contributed by atoms with van der Waals surface area (Å²) in [6.07, 6.45) is 1.61. The molecule has 8 heteroatoms. The molecule has 1 aromatic carbocycles. The monoisotopic (exact) mass is 483 g/mol. The largest absolute Gasteiger partial charge is 0.495 e. The van der Waals surface area contributed by atoms with Crippen molar-refractivity contribution in [2.24, 2.45) is 5.92 Å². The Morgan fingerprint density at radius 3 is 2.41 bits per heavy atom. The lowest BCUT2D eigenvalue weighted by atomic mass is 10.0. The van der Waals surface area contributed by atoms with Crippen LogP contribution in [0.1, 0.15) is 37.2 Å². The normalized spacial score (nSPS) is 13.0. The van der Waals surface area contributed by atoms with Crippen molar-refractivity contribution in [1.82, 2.24) is 4.57 Å². The number of nitrogens with zero attached hydrogens (tertiary/aromatic N) is 1. The highest BCUT2D eigenvalue weighted by Crippen LogP contribution is 2.32. The Labute approximate surface area is 181 Å². The average molecular weight is 484 g/mol. The van der Waals surface area contributed by atoms with Crippen molar-refractivity contribution in [1.29, 1.82) is 0 Å². The first kappa shape index (κ1) is 23.6. The number of halogens is 1. The van der Waals surface area contributed by atoms with Crippen LogP contribution in [0.15, 0.2) is 27.6 Å². The van der Waals surface area contributed by atoms with E-state index in [1.165, 1.54) is 0 Å². The standard InChI is InChI=1S/C21H30BrNO5Si/c1-8-27-21(25)15-11-23(18(13(2)3)12-28-29(5,6)7)17-10-19(26-4)16(22)9-14(17)20(15)24/h9-11,13,18H,8,12H2,1-7H3/t18-/m1/s1. The van der Waals surface area contributed by atoms with Gasteiger partial charge in [-0.3, -0.25) is 4.79 Å². The minimum Gasteiger partial charge on any atom is -0.495 e. The van der Waals surface area contributed by atoms with Crippen molar-refractivity contribution in [3.05, 3.63) is 38.6 Å². The Balaban J connectivity index is 2.79. The maximum atomic E-state index is 13.1. The summed E-state index contributed by atoms with van der Waals surface area (Å²) in [5.41, 5.74) is 0.364. The first-order valence-corrected chi connectivity index (χ1v) is 13.9. The second kappa shape index (κ2) is 9.45. The molecule has 2 aromatic rings. The third-order valence-electron chi connectivity index (χ3n) is 4.62. The van der Waals surface area contributed by atoms with Gasteiger partial charge in [0.1, 0.15) is 11.3 Å². The number of fused-ring (bicyclic) bond motifs is 1. The Morgan fingerprint density at radius 1 is 1.24 bits per heavy atom. The molecule has 0 N–H and O–H groups in total. The summed E-state index contributed by atoms with van der Waals surface area (Å²) < 4.78 is 19.4. The summed E-state index contributed by atoms with van der Waals surface area (Å²) in [4.78, 5) is 25.5. The minimum absolute atomic E-state index is 0.0232. The Kier molecular flexibility index (Phi) is 7.70. The average Bonchev–Trinajstić information content (AvgIpc) is 2.62. The molecule has 0 fully saturated rings. The van der Waals surface area contributed by atoms with E-state index in [9.17, 15) is 9.59 Å². The maximum absolute atomic E-state index is 13.1. The molecule has 6 nitrogen and oxygen atoms in total. The zero-order valence-corrected chi connectivity index (χ0v) is 20.8. The number of benzene rings is 1. The second-order valence-electron chi connectivity index (χ2n) is 8.24. The quantitative estimate of drug-likeness (QED) is 0.390. The molecular formula is C21H30BrNO5Si. The molecule has 2 rings (SSSR count). The minimum atomic E-state index is -1.75. The van der Waals surface area contributed by atoms with Gasteiger partial charge in [0.2, 0.25) is 5.43 Å². The topological polar surface area (TPSA) is 66.8 Å². The smallest absolute Gasteiger partial charge is 0.343 e. The first-order valence-electron chi connectivity index (χ1n) is 9.73. The molecule has 0 aliphatic heterocycles. The van der Waals surface area contributed by atoms with Crippen LogP contribution in [-0.2, 0) is 9.16 Å². The fraction of sp³-hybridized carbons (Fsp3) is 0.524. The summed E-state index contributed by atoms with van der Waals surface area (Å²) in [5.74, 6) is 0.207. The van der Waals surface area contributed by atoms with Crippen LogP contribution in [0.25, 0.3) is 10.9 Å². The molecule has 0 aliphatic carbocycles. The van der Waals surface area contributed by atoms with Crippen LogP contribution in [0.4, 0.5) is 0 Å². The second-order valence-corrected chi connectivity index (χ2v) is 13.6. The molecule has 0 unspecified atom stereocenters. The molecule has 0 spiro atoms. The zero-order chi connectivity index (χ0) is 21.9. The van der Waals surface area contributed by atoms with Gasteiger partial charge in [0.05, 0.1) is 36.4 Å². The van der Waals surface area contributed by atoms with Crippen molar-refractivity contribution >= 4 is 41.1 Å². The van der Waals surface area contributed by atoms with Gasteiger partial charge in [-0.1, -0.05) is 13.8 Å². The third kappa shape index (κ3) is 5.49. The van der Waals surface area contributed by atoms with Crippen LogP contribution in [0.5, 0.6) is 5.75 Å². The van der Waals surface area contributed by atoms with Crippen molar-refractivity contribution in [2.45, 2.75) is 46.5 Å². The van der Waals surface area contributed by atoms with Crippen molar-refractivity contribution in [2.75, 3.05) is 20.3 Å². The SMILES string of the molecule is CCOC(=O)c1cn([C@H](CO[Si](C)(C)C)C(C)C)c2cc(OC)c(Br)cc2c1=O. The van der Waals surface area contributed by atoms with Crippen LogP contribution in [-0.4, -0.2) is 39.2 Å². The highest BCUT2D eigenvalue weighted by atomic mass is 79.9. The molecule has 0 saturated heterocycles. The number of ether oxygens (including phenoxy) is 2. The lowest BCUT2D eigenvalue weighted by Gasteiger charge is -2.30. The molecule has 29 heavy (non-hydrogen) atoms. The molecule has 1 atom stereocenters. The number of hydrogen-bond acceptors (Lipinski definition) is 5. The van der Waals surface area contributed by atoms with E-state index in [0.717, 1.165) is 0 Å². The van der Waals surface area contributed by atoms with Gasteiger partial charge < -0.3 is 18.5 Å². The van der Waals surface area contributed by atoms with Crippen LogP contribution in [0, 0.1) is 5.92 Å². The summed E-state index contributed by atoms with van der Waals surface area (Å²) in [6.45, 7) is 13.0. The fourth-order valence-electron chi connectivity index (χ4n) is 3.06. The van der Waals surface area contributed by atoms with Gasteiger partial charge >= 0.3 is 5.97 Å². The Hall–Kier alpha value is -1.64. The van der Waals surface area contributed by atoms with E-state index in [1.807, 2.05) is 10.6 Å². The van der Waals surface area contributed by atoms with Crippen LogP contribution in [0.3, 0.4) is 0 Å². The van der Waals surface area contributed by atoms with Gasteiger partial charge in [0.25, 0.3) is 0 Å². The summed E-state index contributed by atoms with van der Waals surface area (Å²) in [7, 11) is -0.172. The third-order valence-corrected chi connectivity index (χ3v) is 6.27. The number of aromatic nitrogens is 1. The zero-order valence-electron chi connectivity index (χ0n) is 18.2. The number of pyridine rings is 1. The molecular weight excluding hydrogens is 454 g/mol. The van der Waals surface area contributed by atoms with Gasteiger partial charge in [-0.05, 0) is 54.5 Å². The number of carbonyl (C=O) groups is 1. The summed E-state index contributed by atoms with van der Waals surface area (Å²) in [5, 5.41) is 0.432. The van der Waals surface area contributed by atoms with Gasteiger partial charge in [0.15, 0.2) is 8.32 Å². The van der Waals surface area contributed by atoms with Crippen molar-refractivity contribution < 1.29 is 18.7 Å². The molecule has 1 aromatic heterocycles. The Bertz CT molecular complexity index is 949. The lowest BCUT2D eigenvalue weighted by Crippen LogP contribution is -2.32. The van der Waals surface area contributed by atoms with Gasteiger partial charge in [-0.15, -0.1) is 0 Å². The van der Waals surface area contributed by atoms with E-state index >= 15 is 0 Å². The molecule has 160 valence electrons. The van der Waals surface area contributed by atoms with E-state index in [4.69, 9.17) is 13.9 Å². The number of esters is 1. The predicted molar refractivity (Wildman–Crippen MR) is 122 cm³/mol. The van der Waals surface area contributed by atoms with E-state index in [2.05, 4.69) is 49.4 Å². The number of hydrogen-bond donors (Lipinski definition) is 0. The predicted octanol–water partition coefficient (Wildman–Crippen LogP) is 5.00. The van der Waals surface area contributed by atoms with Gasteiger partial charge in [-0.25, -0.2) is 4.79 Å². The fourth-order valence-corrected chi connectivity index (χ4v) is 4.24. The van der Waals surface area contributed by atoms with E-state index < -0.39 is 14.3 Å². The molecule has 0 radical (unpaired) electrons. The molecule has 0 aliphatic rings. The molecule has 0 bridgehead atoms. The summed E-state index contributed by atoms with van der Waals surface area (Å²) in [6, 6.07) is 3.45. The van der Waals surface area contributed by atoms with Crippen LogP contribution < -0.4 is 10.2 Å². The van der Waals surface area contributed by atoms with Gasteiger partial charge in [0, 0.05) is 17.6 Å². The molecule has 1 heterocycles. The van der Waals surface area contributed by atoms with Crippen LogP contribution in [0.2, 0.25) is 19.6 Å². The van der Waals surface area contributed by atoms with E-state index in [1.54, 1.807) is 26.3 Å².